The molecule has 0 bridgehead atoms. The van der Waals surface area contributed by atoms with E-state index < -0.39 is 12.0 Å². The summed E-state index contributed by atoms with van der Waals surface area (Å²) in [6.07, 6.45) is 0.931. The predicted molar refractivity (Wildman–Crippen MR) is 81.4 cm³/mol. The summed E-state index contributed by atoms with van der Waals surface area (Å²) in [6.45, 7) is 4.36. The lowest BCUT2D eigenvalue weighted by Crippen LogP contribution is -2.45. The number of carbonyl (C=O) groups excluding carboxylic acids is 2. The molecule has 0 saturated heterocycles. The van der Waals surface area contributed by atoms with Crippen LogP contribution in [0.25, 0.3) is 0 Å². The molecule has 1 aromatic carbocycles. The highest BCUT2D eigenvalue weighted by Crippen LogP contribution is 2.28. The van der Waals surface area contributed by atoms with Crippen molar-refractivity contribution >= 4 is 12.0 Å². The van der Waals surface area contributed by atoms with Gasteiger partial charge in [-0.2, -0.15) is 0 Å². The molecule has 1 atom stereocenters. The molecule has 1 aliphatic heterocycles. The molecule has 1 aromatic rings. The Balaban J connectivity index is 2.29. The van der Waals surface area contributed by atoms with E-state index in [-0.39, 0.29) is 6.03 Å². The molecule has 0 fully saturated rings. The van der Waals surface area contributed by atoms with Crippen molar-refractivity contribution in [3.05, 3.63) is 41.1 Å². The van der Waals surface area contributed by atoms with Crippen LogP contribution in [0.4, 0.5) is 4.79 Å². The van der Waals surface area contributed by atoms with E-state index in [0.29, 0.717) is 17.9 Å². The topological polar surface area (TPSA) is 76.7 Å². The van der Waals surface area contributed by atoms with Crippen LogP contribution in [-0.2, 0) is 9.53 Å². The second-order valence-electron chi connectivity index (χ2n) is 4.98. The third kappa shape index (κ3) is 3.39. The van der Waals surface area contributed by atoms with Crippen molar-refractivity contribution in [3.8, 4) is 5.75 Å². The maximum absolute atomic E-state index is 12.0. The quantitative estimate of drug-likeness (QED) is 0.818. The van der Waals surface area contributed by atoms with E-state index in [0.717, 1.165) is 17.7 Å². The first-order chi connectivity index (χ1) is 10.6. The fourth-order valence-corrected chi connectivity index (χ4v) is 2.30. The molecule has 0 aliphatic carbocycles. The van der Waals surface area contributed by atoms with Crippen molar-refractivity contribution in [2.75, 3.05) is 13.7 Å². The molecule has 2 amide bonds. The molecule has 0 radical (unpaired) electrons. The van der Waals surface area contributed by atoms with Crippen molar-refractivity contribution in [2.24, 2.45) is 0 Å². The molecule has 118 valence electrons. The van der Waals surface area contributed by atoms with Gasteiger partial charge in [0.1, 0.15) is 5.75 Å². The average molecular weight is 304 g/mol. The van der Waals surface area contributed by atoms with Crippen LogP contribution in [0.1, 0.15) is 31.9 Å². The van der Waals surface area contributed by atoms with Gasteiger partial charge in [0, 0.05) is 5.70 Å². The van der Waals surface area contributed by atoms with Gasteiger partial charge >= 0.3 is 12.0 Å². The van der Waals surface area contributed by atoms with Gasteiger partial charge in [0.2, 0.25) is 0 Å². The third-order valence-electron chi connectivity index (χ3n) is 3.36. The summed E-state index contributed by atoms with van der Waals surface area (Å²) in [4.78, 5) is 23.7. The monoisotopic (exact) mass is 304 g/mol. The van der Waals surface area contributed by atoms with Gasteiger partial charge in [-0.3, -0.25) is 0 Å². The zero-order valence-corrected chi connectivity index (χ0v) is 12.9. The molecular formula is C16H20N2O4. The second kappa shape index (κ2) is 6.98. The molecule has 2 N–H and O–H groups in total. The van der Waals surface area contributed by atoms with E-state index in [1.54, 1.807) is 6.92 Å². The number of methoxy groups -OCH3 is 1. The van der Waals surface area contributed by atoms with Gasteiger partial charge in [0.25, 0.3) is 0 Å². The van der Waals surface area contributed by atoms with Gasteiger partial charge < -0.3 is 20.1 Å². The Morgan fingerprint density at radius 3 is 2.55 bits per heavy atom. The minimum Gasteiger partial charge on any atom is -0.494 e. The van der Waals surface area contributed by atoms with Crippen LogP contribution < -0.4 is 15.4 Å². The summed E-state index contributed by atoms with van der Waals surface area (Å²) in [5.41, 5.74) is 1.68. The molecule has 1 heterocycles. The van der Waals surface area contributed by atoms with E-state index in [1.807, 2.05) is 31.2 Å². The van der Waals surface area contributed by atoms with Crippen molar-refractivity contribution in [3.63, 3.8) is 0 Å². The van der Waals surface area contributed by atoms with Gasteiger partial charge in [0.15, 0.2) is 0 Å². The first-order valence-corrected chi connectivity index (χ1v) is 7.16. The zero-order valence-electron chi connectivity index (χ0n) is 12.9. The highest BCUT2D eigenvalue weighted by molar-refractivity contribution is 5.94. The van der Waals surface area contributed by atoms with Crippen LogP contribution in [0.3, 0.4) is 0 Å². The Morgan fingerprint density at radius 2 is 1.95 bits per heavy atom. The predicted octanol–water partition coefficient (Wildman–Crippen LogP) is 2.28. The fourth-order valence-electron chi connectivity index (χ4n) is 2.30. The van der Waals surface area contributed by atoms with Gasteiger partial charge in [-0.1, -0.05) is 19.1 Å². The van der Waals surface area contributed by atoms with E-state index in [1.165, 1.54) is 7.11 Å². The number of hydrogen-bond acceptors (Lipinski definition) is 4. The molecule has 6 heteroatoms. The van der Waals surface area contributed by atoms with E-state index in [4.69, 9.17) is 9.47 Å². The minimum atomic E-state index is -0.540. The molecule has 2 rings (SSSR count). The minimum absolute atomic E-state index is 0.346. The average Bonchev–Trinajstić information content (AvgIpc) is 2.52. The number of nitrogens with one attached hydrogen (secondary N) is 2. The van der Waals surface area contributed by atoms with Gasteiger partial charge in [0.05, 0.1) is 25.3 Å². The van der Waals surface area contributed by atoms with Crippen LogP contribution in [0.15, 0.2) is 35.5 Å². The normalized spacial score (nSPS) is 17.6. The van der Waals surface area contributed by atoms with Crippen molar-refractivity contribution in [2.45, 2.75) is 26.3 Å². The van der Waals surface area contributed by atoms with Crippen LogP contribution in [0.2, 0.25) is 0 Å². The Hall–Kier alpha value is -2.50. The van der Waals surface area contributed by atoms with E-state index in [2.05, 4.69) is 10.6 Å². The highest BCUT2D eigenvalue weighted by atomic mass is 16.5. The van der Waals surface area contributed by atoms with E-state index in [9.17, 15) is 9.59 Å². The highest BCUT2D eigenvalue weighted by Gasteiger charge is 2.31. The molecule has 0 aromatic heterocycles. The van der Waals surface area contributed by atoms with Crippen LogP contribution in [-0.4, -0.2) is 25.7 Å². The molecule has 0 saturated carbocycles. The lowest BCUT2D eigenvalue weighted by Gasteiger charge is -2.27. The van der Waals surface area contributed by atoms with Gasteiger partial charge in [-0.25, -0.2) is 9.59 Å². The summed E-state index contributed by atoms with van der Waals surface area (Å²) >= 11 is 0. The van der Waals surface area contributed by atoms with Crippen LogP contribution in [0.5, 0.6) is 5.75 Å². The van der Waals surface area contributed by atoms with Gasteiger partial charge in [-0.05, 0) is 31.0 Å². The van der Waals surface area contributed by atoms with Crippen molar-refractivity contribution in [1.29, 1.82) is 0 Å². The lowest BCUT2D eigenvalue weighted by atomic mass is 9.95. The fraction of sp³-hybridized carbons (Fsp3) is 0.375. The summed E-state index contributed by atoms with van der Waals surface area (Å²) in [5, 5.41) is 5.33. The Labute approximate surface area is 129 Å². The Bertz CT molecular complexity index is 593. The molecular weight excluding hydrogens is 284 g/mol. The van der Waals surface area contributed by atoms with Crippen molar-refractivity contribution in [1.82, 2.24) is 10.6 Å². The number of amides is 2. The van der Waals surface area contributed by atoms with Crippen molar-refractivity contribution < 1.29 is 19.1 Å². The number of rotatable bonds is 5. The number of esters is 1. The number of urea groups is 1. The standard InChI is InChI=1S/C16H20N2O4/c1-4-9-22-12-7-5-11(6-8-12)14-13(15(19)21-3)10(2)17-16(20)18-14/h5-8,14H,4,9H2,1-3H3,(H2,17,18,20). The first-order valence-electron chi connectivity index (χ1n) is 7.16. The summed E-state index contributed by atoms with van der Waals surface area (Å²) in [5.74, 6) is 0.285. The zero-order chi connectivity index (χ0) is 16.1. The molecule has 1 unspecified atom stereocenters. The van der Waals surface area contributed by atoms with Crippen LogP contribution >= 0.6 is 0 Å². The number of allylic oxidation sites excluding steroid dienone is 1. The number of carbonyl (C=O) groups is 2. The SMILES string of the molecule is CCCOc1ccc(C2NC(=O)NC(C)=C2C(=O)OC)cc1. The molecule has 6 nitrogen and oxygen atoms in total. The summed E-state index contributed by atoms with van der Waals surface area (Å²) in [7, 11) is 1.32. The Kier molecular flexibility index (Phi) is 5.04. The molecule has 0 spiro atoms. The summed E-state index contributed by atoms with van der Waals surface area (Å²) < 4.78 is 10.3. The second-order valence-corrected chi connectivity index (χ2v) is 4.98. The Morgan fingerprint density at radius 1 is 1.27 bits per heavy atom. The lowest BCUT2D eigenvalue weighted by molar-refractivity contribution is -0.136. The van der Waals surface area contributed by atoms with Crippen LogP contribution in [0, 0.1) is 0 Å². The number of ether oxygens (including phenoxy) is 2. The largest absolute Gasteiger partial charge is 0.494 e. The first kappa shape index (κ1) is 15.9. The third-order valence-corrected chi connectivity index (χ3v) is 3.36. The smallest absolute Gasteiger partial charge is 0.337 e. The molecule has 22 heavy (non-hydrogen) atoms. The maximum Gasteiger partial charge on any atom is 0.337 e. The maximum atomic E-state index is 12.0. The molecule has 1 aliphatic rings. The summed E-state index contributed by atoms with van der Waals surface area (Å²) in [6, 6.07) is 6.42. The number of hydrogen-bond donors (Lipinski definition) is 2. The number of benzene rings is 1. The van der Waals surface area contributed by atoms with Gasteiger partial charge in [-0.15, -0.1) is 0 Å². The van der Waals surface area contributed by atoms with E-state index >= 15 is 0 Å².